The SMILES string of the molecule is COCC(C)(NCC(O)c1cccc(OC)c1)c1ccccc1. The molecule has 2 unspecified atom stereocenters. The summed E-state index contributed by atoms with van der Waals surface area (Å²) in [5, 5.41) is 13.9. The number of nitrogens with one attached hydrogen (secondary N) is 1. The summed E-state index contributed by atoms with van der Waals surface area (Å²) in [6.45, 7) is 3.01. The Morgan fingerprint density at radius 2 is 1.83 bits per heavy atom. The third-order valence-electron chi connectivity index (χ3n) is 4.01. The van der Waals surface area contributed by atoms with Crippen molar-refractivity contribution in [2.24, 2.45) is 0 Å². The molecule has 2 aromatic carbocycles. The van der Waals surface area contributed by atoms with Crippen LogP contribution in [0.15, 0.2) is 54.6 Å². The summed E-state index contributed by atoms with van der Waals surface area (Å²) in [6.07, 6.45) is -0.620. The number of benzene rings is 2. The molecule has 0 radical (unpaired) electrons. The van der Waals surface area contributed by atoms with Crippen LogP contribution in [-0.2, 0) is 10.3 Å². The maximum atomic E-state index is 10.5. The van der Waals surface area contributed by atoms with Gasteiger partial charge in [-0.3, -0.25) is 0 Å². The molecule has 2 aromatic rings. The Morgan fingerprint density at radius 3 is 2.48 bits per heavy atom. The smallest absolute Gasteiger partial charge is 0.119 e. The van der Waals surface area contributed by atoms with E-state index in [9.17, 15) is 5.11 Å². The van der Waals surface area contributed by atoms with Gasteiger partial charge in [-0.15, -0.1) is 0 Å². The van der Waals surface area contributed by atoms with Crippen LogP contribution in [0.2, 0.25) is 0 Å². The quantitative estimate of drug-likeness (QED) is 0.786. The van der Waals surface area contributed by atoms with Crippen molar-refractivity contribution in [3.63, 3.8) is 0 Å². The fraction of sp³-hybridized carbons (Fsp3) is 0.368. The van der Waals surface area contributed by atoms with E-state index in [0.717, 1.165) is 16.9 Å². The standard InChI is InChI=1S/C19H25NO3/c1-19(14-22-2,16-9-5-4-6-10-16)20-13-18(21)15-8-7-11-17(12-15)23-3/h4-12,18,20-21H,13-14H2,1-3H3. The molecule has 0 aliphatic carbocycles. The number of ether oxygens (including phenoxy) is 2. The van der Waals surface area contributed by atoms with Gasteiger partial charge in [0.2, 0.25) is 0 Å². The second-order valence-corrected chi connectivity index (χ2v) is 5.80. The first-order valence-electron chi connectivity index (χ1n) is 7.70. The van der Waals surface area contributed by atoms with Gasteiger partial charge in [-0.05, 0) is 30.2 Å². The zero-order valence-electron chi connectivity index (χ0n) is 14.0. The van der Waals surface area contributed by atoms with Crippen LogP contribution < -0.4 is 10.1 Å². The minimum absolute atomic E-state index is 0.365. The first-order chi connectivity index (χ1) is 11.1. The van der Waals surface area contributed by atoms with Gasteiger partial charge in [-0.1, -0.05) is 42.5 Å². The summed E-state index contributed by atoms with van der Waals surface area (Å²) in [5.41, 5.74) is 1.58. The van der Waals surface area contributed by atoms with Crippen molar-refractivity contribution < 1.29 is 14.6 Å². The highest BCUT2D eigenvalue weighted by molar-refractivity contribution is 5.30. The molecule has 0 saturated heterocycles. The van der Waals surface area contributed by atoms with Crippen LogP contribution in [0, 0.1) is 0 Å². The largest absolute Gasteiger partial charge is 0.497 e. The Morgan fingerprint density at radius 1 is 1.09 bits per heavy atom. The molecule has 2 N–H and O–H groups in total. The molecule has 0 aromatic heterocycles. The molecule has 2 rings (SSSR count). The van der Waals surface area contributed by atoms with Crippen LogP contribution in [0.5, 0.6) is 5.75 Å². The van der Waals surface area contributed by atoms with Crippen LogP contribution >= 0.6 is 0 Å². The molecule has 0 heterocycles. The van der Waals surface area contributed by atoms with E-state index in [2.05, 4.69) is 24.4 Å². The predicted molar refractivity (Wildman–Crippen MR) is 91.6 cm³/mol. The van der Waals surface area contributed by atoms with Gasteiger partial charge in [0, 0.05) is 13.7 Å². The molecule has 0 aliphatic rings. The van der Waals surface area contributed by atoms with Crippen LogP contribution in [0.25, 0.3) is 0 Å². The zero-order chi connectivity index (χ0) is 16.7. The van der Waals surface area contributed by atoms with Gasteiger partial charge in [0.15, 0.2) is 0 Å². The van der Waals surface area contributed by atoms with E-state index in [0.29, 0.717) is 13.2 Å². The highest BCUT2D eigenvalue weighted by Crippen LogP contribution is 2.23. The summed E-state index contributed by atoms with van der Waals surface area (Å²) in [7, 11) is 3.30. The van der Waals surface area contributed by atoms with Crippen molar-refractivity contribution in [3.05, 3.63) is 65.7 Å². The van der Waals surface area contributed by atoms with Gasteiger partial charge < -0.3 is 19.9 Å². The lowest BCUT2D eigenvalue weighted by atomic mass is 9.92. The Bertz CT molecular complexity index is 603. The second kappa shape index (κ2) is 8.11. The van der Waals surface area contributed by atoms with Crippen molar-refractivity contribution in [2.45, 2.75) is 18.6 Å². The highest BCUT2D eigenvalue weighted by atomic mass is 16.5. The summed E-state index contributed by atoms with van der Waals surface area (Å²) in [4.78, 5) is 0. The number of hydrogen-bond acceptors (Lipinski definition) is 4. The van der Waals surface area contributed by atoms with E-state index in [1.807, 2.05) is 42.5 Å². The van der Waals surface area contributed by atoms with E-state index in [1.165, 1.54) is 0 Å². The third kappa shape index (κ3) is 4.55. The lowest BCUT2D eigenvalue weighted by Crippen LogP contribution is -2.45. The first-order valence-corrected chi connectivity index (χ1v) is 7.70. The molecule has 2 atom stereocenters. The lowest BCUT2D eigenvalue weighted by Gasteiger charge is -2.32. The predicted octanol–water partition coefficient (Wildman–Crippen LogP) is 2.88. The maximum Gasteiger partial charge on any atom is 0.119 e. The van der Waals surface area contributed by atoms with E-state index in [4.69, 9.17) is 9.47 Å². The van der Waals surface area contributed by atoms with Gasteiger partial charge in [0.1, 0.15) is 5.75 Å². The Balaban J connectivity index is 2.09. The van der Waals surface area contributed by atoms with Crippen LogP contribution in [0.3, 0.4) is 0 Å². The van der Waals surface area contributed by atoms with Crippen LogP contribution in [0.4, 0.5) is 0 Å². The van der Waals surface area contributed by atoms with Gasteiger partial charge in [0.25, 0.3) is 0 Å². The average Bonchev–Trinajstić information content (AvgIpc) is 2.60. The van der Waals surface area contributed by atoms with E-state index in [-0.39, 0.29) is 5.54 Å². The average molecular weight is 315 g/mol. The van der Waals surface area contributed by atoms with Gasteiger partial charge in [-0.25, -0.2) is 0 Å². The maximum absolute atomic E-state index is 10.5. The number of aliphatic hydroxyl groups excluding tert-OH is 1. The minimum Gasteiger partial charge on any atom is -0.497 e. The molecule has 124 valence electrons. The molecule has 0 fully saturated rings. The van der Waals surface area contributed by atoms with E-state index < -0.39 is 6.10 Å². The van der Waals surface area contributed by atoms with E-state index in [1.54, 1.807) is 14.2 Å². The Hall–Kier alpha value is -1.88. The molecule has 0 aliphatic heterocycles. The van der Waals surface area contributed by atoms with Gasteiger partial charge in [0.05, 0.1) is 25.4 Å². The van der Waals surface area contributed by atoms with Gasteiger partial charge >= 0.3 is 0 Å². The summed E-state index contributed by atoms with van der Waals surface area (Å²) in [6, 6.07) is 17.6. The molecule has 0 spiro atoms. The van der Waals surface area contributed by atoms with E-state index >= 15 is 0 Å². The third-order valence-corrected chi connectivity index (χ3v) is 4.01. The lowest BCUT2D eigenvalue weighted by molar-refractivity contribution is 0.0980. The van der Waals surface area contributed by atoms with Crippen LogP contribution in [-0.4, -0.2) is 32.5 Å². The van der Waals surface area contributed by atoms with Crippen molar-refractivity contribution >= 4 is 0 Å². The van der Waals surface area contributed by atoms with Crippen LogP contribution in [0.1, 0.15) is 24.2 Å². The molecule has 23 heavy (non-hydrogen) atoms. The van der Waals surface area contributed by atoms with Crippen molar-refractivity contribution in [3.8, 4) is 5.75 Å². The molecule has 0 saturated carbocycles. The van der Waals surface area contributed by atoms with Crippen molar-refractivity contribution in [1.82, 2.24) is 5.32 Å². The minimum atomic E-state index is -0.620. The summed E-state index contributed by atoms with van der Waals surface area (Å²) < 4.78 is 10.6. The highest BCUT2D eigenvalue weighted by Gasteiger charge is 2.27. The first kappa shape index (κ1) is 17.5. The molecular weight excluding hydrogens is 290 g/mol. The fourth-order valence-electron chi connectivity index (χ4n) is 2.62. The molecular formula is C19H25NO3. The zero-order valence-corrected chi connectivity index (χ0v) is 14.0. The van der Waals surface area contributed by atoms with Gasteiger partial charge in [-0.2, -0.15) is 0 Å². The normalized spacial score (nSPS) is 15.0. The molecule has 0 amide bonds. The monoisotopic (exact) mass is 315 g/mol. The topological polar surface area (TPSA) is 50.7 Å². The molecule has 0 bridgehead atoms. The summed E-state index contributed by atoms with van der Waals surface area (Å²) >= 11 is 0. The number of methoxy groups -OCH3 is 2. The molecule has 4 heteroatoms. The Kier molecular flexibility index (Phi) is 6.16. The van der Waals surface area contributed by atoms with Crippen molar-refractivity contribution in [2.75, 3.05) is 27.4 Å². The number of rotatable bonds is 8. The Labute approximate surface area is 138 Å². The molecule has 4 nitrogen and oxygen atoms in total. The number of hydrogen-bond donors (Lipinski definition) is 2. The number of aliphatic hydroxyl groups is 1. The summed E-state index contributed by atoms with van der Waals surface area (Å²) in [5.74, 6) is 0.740. The second-order valence-electron chi connectivity index (χ2n) is 5.80. The fourth-order valence-corrected chi connectivity index (χ4v) is 2.62. The van der Waals surface area contributed by atoms with Crippen molar-refractivity contribution in [1.29, 1.82) is 0 Å².